The normalized spacial score (nSPS) is 24.3. The number of phenols is 1. The summed E-state index contributed by atoms with van der Waals surface area (Å²) in [4.78, 5) is 27.9. The highest BCUT2D eigenvalue weighted by Gasteiger charge is 2.57. The minimum absolute atomic E-state index is 0.0380. The summed E-state index contributed by atoms with van der Waals surface area (Å²) in [5.74, 6) is -4.33. The van der Waals surface area contributed by atoms with Crippen molar-refractivity contribution in [1.82, 2.24) is 0 Å². The largest absolute Gasteiger partial charge is 0.508 e. The van der Waals surface area contributed by atoms with Gasteiger partial charge in [0.15, 0.2) is 0 Å². The van der Waals surface area contributed by atoms with Gasteiger partial charge < -0.3 is 14.8 Å². The highest BCUT2D eigenvalue weighted by molar-refractivity contribution is 6.43. The second-order valence-corrected chi connectivity index (χ2v) is 11.7. The van der Waals surface area contributed by atoms with Gasteiger partial charge in [0, 0.05) is 0 Å². The van der Waals surface area contributed by atoms with Crippen LogP contribution < -0.4 is 4.90 Å². The van der Waals surface area contributed by atoms with Crippen LogP contribution in [0.1, 0.15) is 62.6 Å². The molecule has 2 N–H and O–H groups in total. The van der Waals surface area contributed by atoms with Gasteiger partial charge in [0.25, 0.3) is 0 Å². The van der Waals surface area contributed by atoms with Gasteiger partial charge in [-0.05, 0) is 85.8 Å². The van der Waals surface area contributed by atoms with Crippen molar-refractivity contribution in [1.29, 1.82) is 0 Å². The van der Waals surface area contributed by atoms with Crippen molar-refractivity contribution in [3.8, 4) is 5.75 Å². The summed E-state index contributed by atoms with van der Waals surface area (Å²) in [7, 11) is -1.28. The maximum Gasteiger partial charge on any atom is 0.455 e. The van der Waals surface area contributed by atoms with E-state index in [1.807, 2.05) is 19.9 Å². The lowest BCUT2D eigenvalue weighted by molar-refractivity contribution is -0.143. The summed E-state index contributed by atoms with van der Waals surface area (Å²) < 4.78 is 87.5. The molecule has 1 aliphatic carbocycles. The smallest absolute Gasteiger partial charge is 0.455 e. The van der Waals surface area contributed by atoms with Crippen LogP contribution in [0.15, 0.2) is 59.2 Å². The zero-order chi connectivity index (χ0) is 32.8. The molecule has 0 bridgehead atoms. The summed E-state index contributed by atoms with van der Waals surface area (Å²) in [5.41, 5.74) is -0.462. The number of fused-ring (bicyclic) bond motifs is 3. The van der Waals surface area contributed by atoms with Gasteiger partial charge in [-0.1, -0.05) is 43.2 Å². The first kappa shape index (κ1) is 32.8. The molecule has 2 heterocycles. The van der Waals surface area contributed by atoms with E-state index in [1.165, 1.54) is 0 Å². The molecule has 2 aromatic carbocycles. The van der Waals surface area contributed by atoms with Gasteiger partial charge in [-0.15, -0.1) is 0 Å². The zero-order valence-corrected chi connectivity index (χ0v) is 24.6. The van der Waals surface area contributed by atoms with Crippen LogP contribution in [0.2, 0.25) is 6.32 Å². The topological polar surface area (TPSA) is 87.1 Å². The number of nitrogens with zero attached hydrogens (tertiary/aromatic N) is 1. The van der Waals surface area contributed by atoms with E-state index in [4.69, 9.17) is 4.65 Å². The van der Waals surface area contributed by atoms with Crippen molar-refractivity contribution >= 4 is 30.7 Å². The van der Waals surface area contributed by atoms with Crippen molar-refractivity contribution in [2.24, 2.45) is 17.8 Å². The molecule has 4 atom stereocenters. The predicted octanol–water partition coefficient (Wildman–Crippen LogP) is 7.42. The molecule has 0 saturated carbocycles. The van der Waals surface area contributed by atoms with Crippen LogP contribution in [0, 0.1) is 17.8 Å². The molecular formula is C32H32BF6NO5. The first-order valence-corrected chi connectivity index (χ1v) is 14.8. The Hall–Kier alpha value is -3.58. The Balaban J connectivity index is 1.47. The molecule has 0 radical (unpaired) electrons. The Bertz CT molecular complexity index is 1500. The lowest BCUT2D eigenvalue weighted by Gasteiger charge is -2.43. The van der Waals surface area contributed by atoms with E-state index in [0.29, 0.717) is 42.7 Å². The van der Waals surface area contributed by atoms with Crippen LogP contribution in [0.25, 0.3) is 6.08 Å². The van der Waals surface area contributed by atoms with Gasteiger partial charge in [-0.3, -0.25) is 9.59 Å². The third kappa shape index (κ3) is 6.55. The zero-order valence-electron chi connectivity index (χ0n) is 24.6. The highest BCUT2D eigenvalue weighted by atomic mass is 19.4. The fraction of sp³-hybridized carbons (Fsp3) is 0.438. The van der Waals surface area contributed by atoms with Crippen molar-refractivity contribution in [3.05, 3.63) is 75.9 Å². The van der Waals surface area contributed by atoms with Crippen molar-refractivity contribution in [2.75, 3.05) is 4.90 Å². The Morgan fingerprint density at radius 1 is 0.978 bits per heavy atom. The van der Waals surface area contributed by atoms with Crippen molar-refractivity contribution < 1.29 is 50.7 Å². The first-order valence-electron chi connectivity index (χ1n) is 14.8. The van der Waals surface area contributed by atoms with Gasteiger partial charge >= 0.3 is 19.5 Å². The molecular weight excluding hydrogens is 603 g/mol. The Labute approximate surface area is 256 Å². The van der Waals surface area contributed by atoms with Crippen LogP contribution >= 0.6 is 0 Å². The lowest BCUT2D eigenvalue weighted by atomic mass is 9.58. The van der Waals surface area contributed by atoms with E-state index in [0.717, 1.165) is 22.3 Å². The molecule has 6 nitrogen and oxygen atoms in total. The van der Waals surface area contributed by atoms with Gasteiger partial charge in [-0.25, -0.2) is 4.90 Å². The summed E-state index contributed by atoms with van der Waals surface area (Å²) in [6.45, 7) is 3.86. The maximum absolute atomic E-state index is 13.8. The van der Waals surface area contributed by atoms with Gasteiger partial charge in [0.05, 0.1) is 34.8 Å². The monoisotopic (exact) mass is 635 g/mol. The van der Waals surface area contributed by atoms with Gasteiger partial charge in [0.2, 0.25) is 11.8 Å². The average molecular weight is 635 g/mol. The summed E-state index contributed by atoms with van der Waals surface area (Å²) in [5, 5.41) is 20.3. The van der Waals surface area contributed by atoms with Crippen molar-refractivity contribution in [2.45, 2.75) is 70.7 Å². The number of hydrogen-bond acceptors (Lipinski definition) is 5. The maximum atomic E-state index is 13.8. The fourth-order valence-corrected chi connectivity index (χ4v) is 6.90. The molecule has 2 amide bonds. The van der Waals surface area contributed by atoms with Gasteiger partial charge in [0.1, 0.15) is 5.75 Å². The number of carbonyl (C=O) groups is 2. The lowest BCUT2D eigenvalue weighted by Crippen LogP contribution is -2.46. The number of aromatic hydroxyl groups is 1. The molecule has 2 aliphatic heterocycles. The minimum atomic E-state index is -5.15. The van der Waals surface area contributed by atoms with E-state index in [1.54, 1.807) is 24.3 Å². The number of benzene rings is 2. The predicted molar refractivity (Wildman–Crippen MR) is 155 cm³/mol. The van der Waals surface area contributed by atoms with Crippen LogP contribution in [0.3, 0.4) is 0 Å². The minimum Gasteiger partial charge on any atom is -0.508 e. The molecule has 240 valence electrons. The quantitative estimate of drug-likeness (QED) is 0.143. The number of phenolic OH excluding ortho intramolecular Hbond substituents is 1. The number of hydrogen-bond donors (Lipinski definition) is 2. The number of anilines is 1. The van der Waals surface area contributed by atoms with E-state index in [2.05, 4.69) is 0 Å². The van der Waals surface area contributed by atoms with Crippen LogP contribution in [-0.2, 0) is 26.6 Å². The van der Waals surface area contributed by atoms with E-state index >= 15 is 0 Å². The molecule has 0 spiro atoms. The highest BCUT2D eigenvalue weighted by Crippen LogP contribution is 2.52. The molecule has 2 saturated heterocycles. The molecule has 2 fully saturated rings. The Morgan fingerprint density at radius 3 is 2.16 bits per heavy atom. The number of carbonyl (C=O) groups excluding carboxylic acids is 2. The first-order chi connectivity index (χ1) is 21.1. The number of amides is 2. The van der Waals surface area contributed by atoms with Crippen LogP contribution in [0.5, 0.6) is 5.75 Å². The molecule has 5 rings (SSSR count). The number of allylic oxidation sites excluding steroid dienone is 2. The van der Waals surface area contributed by atoms with Gasteiger partial charge in [-0.2, -0.15) is 26.3 Å². The fourth-order valence-electron chi connectivity index (χ4n) is 6.90. The Morgan fingerprint density at radius 2 is 1.60 bits per heavy atom. The number of imide groups is 1. The van der Waals surface area contributed by atoms with E-state index < -0.39 is 72.0 Å². The molecule has 45 heavy (non-hydrogen) atoms. The second kappa shape index (κ2) is 12.3. The number of rotatable bonds is 7. The molecule has 2 aromatic rings. The standard InChI is InChI=1S/C32H32BF6NO5/c1-3-17(11-18-5-8-23(41)9-6-18)7-10-26-27-19(4-2)12-24-28(25(27)16-33(44)45-26)30(43)40(29(24)42)22-14-20(31(34,35)36)13-21(15-22)32(37,38)39/h5-6,8-9,11,13-15,24-26,28,41,44H,3-4,7,10,12,16H2,1-2H3/b17-11+/t24-,25+,26-,28-/m1/s1. The third-order valence-electron chi connectivity index (χ3n) is 9.01. The summed E-state index contributed by atoms with van der Waals surface area (Å²) >= 11 is 0. The SMILES string of the molecule is CCC1=C2[C@@H](CC/C(=C/c3ccc(O)cc3)CC)OB(O)C[C@@H]2[C@@H]2C(=O)N(c3cc(C(F)(F)F)cc(C(F)(F)F)c3)C(=O)[C@@H]2C1. The van der Waals surface area contributed by atoms with E-state index in [-0.39, 0.29) is 24.6 Å². The molecule has 0 aromatic heterocycles. The average Bonchev–Trinajstić information content (AvgIpc) is 3.23. The molecule has 0 unspecified atom stereocenters. The molecule has 3 aliphatic rings. The second-order valence-electron chi connectivity index (χ2n) is 11.7. The number of halogens is 6. The summed E-state index contributed by atoms with van der Waals surface area (Å²) in [6.07, 6.45) is -6.63. The van der Waals surface area contributed by atoms with Crippen LogP contribution in [-0.4, -0.2) is 35.2 Å². The molecule has 13 heteroatoms. The third-order valence-corrected chi connectivity index (χ3v) is 9.01. The summed E-state index contributed by atoms with van der Waals surface area (Å²) in [6, 6.07) is 7.45. The Kier molecular flexibility index (Phi) is 8.98. The number of alkyl halides is 6. The van der Waals surface area contributed by atoms with E-state index in [9.17, 15) is 46.1 Å². The van der Waals surface area contributed by atoms with Crippen molar-refractivity contribution in [3.63, 3.8) is 0 Å². The van der Waals surface area contributed by atoms with Crippen LogP contribution in [0.4, 0.5) is 32.0 Å².